The van der Waals surface area contributed by atoms with E-state index in [1.54, 1.807) is 0 Å². The van der Waals surface area contributed by atoms with Crippen LogP contribution in [0.3, 0.4) is 0 Å². The van der Waals surface area contributed by atoms with Crippen LogP contribution >= 0.6 is 0 Å². The Morgan fingerprint density at radius 1 is 1.13 bits per heavy atom. The molecule has 2 aromatic carbocycles. The Bertz CT molecular complexity index is 1160. The Hall–Kier alpha value is -1.45. The van der Waals surface area contributed by atoms with Gasteiger partial charge in [-0.3, -0.25) is 4.79 Å². The predicted molar refractivity (Wildman–Crippen MR) is 112 cm³/mol. The molecule has 1 aromatic heterocycles. The Morgan fingerprint density at radius 3 is 2.71 bits per heavy atom. The number of ether oxygens (including phenoxy) is 2. The van der Waals surface area contributed by atoms with Gasteiger partial charge in [-0.2, -0.15) is 0 Å². The zero-order valence-corrected chi connectivity index (χ0v) is 22.6. The van der Waals surface area contributed by atoms with E-state index >= 15 is 0 Å². The van der Waals surface area contributed by atoms with Gasteiger partial charge in [0.2, 0.25) is 12.7 Å². The number of imidazole rings is 1. The molecule has 8 nitrogen and oxygen atoms in total. The summed E-state index contributed by atoms with van der Waals surface area (Å²) in [7, 11) is 0. The van der Waals surface area contributed by atoms with Gasteiger partial charge in [0.1, 0.15) is 0 Å². The van der Waals surface area contributed by atoms with Gasteiger partial charge < -0.3 is 29.7 Å². The van der Waals surface area contributed by atoms with Crippen LogP contribution in [0, 0.1) is 0 Å². The summed E-state index contributed by atoms with van der Waals surface area (Å²) in [6.07, 6.45) is 0.326. The fourth-order valence-corrected chi connectivity index (χ4v) is 4.22. The first-order valence-electron chi connectivity index (χ1n) is 10.1. The van der Waals surface area contributed by atoms with Crippen LogP contribution in [-0.4, -0.2) is 53.2 Å². The number of fused-ring (bicyclic) bond motifs is 2. The third kappa shape index (κ3) is 4.83. The van der Waals surface area contributed by atoms with Crippen LogP contribution in [0.15, 0.2) is 41.2 Å². The number of hydrogen-bond donors (Lipinski definition) is 2. The summed E-state index contributed by atoms with van der Waals surface area (Å²) in [5.41, 5.74) is 3.15. The minimum atomic E-state index is -0.246. The van der Waals surface area contributed by atoms with E-state index in [-0.39, 0.29) is 88.5 Å². The maximum atomic E-state index is 13.2. The maximum absolute atomic E-state index is 13.2. The number of piperazine rings is 1. The third-order valence-corrected chi connectivity index (χ3v) is 5.77. The minimum absolute atomic E-state index is 0. The van der Waals surface area contributed by atoms with Crippen LogP contribution in [-0.2, 0) is 4.79 Å². The number of benzene rings is 2. The average Bonchev–Trinajstić information content (AvgIpc) is 3.35. The van der Waals surface area contributed by atoms with E-state index in [4.69, 9.17) is 9.47 Å². The molecule has 2 aliphatic heterocycles. The van der Waals surface area contributed by atoms with Gasteiger partial charge >= 0.3 is 63.9 Å². The Balaban J connectivity index is 0.00000231. The Morgan fingerprint density at radius 2 is 1.87 bits per heavy atom. The number of rotatable bonds is 4. The normalized spacial score (nSPS) is 18.6. The summed E-state index contributed by atoms with van der Waals surface area (Å²) < 4.78 is 11.0. The van der Waals surface area contributed by atoms with E-state index in [1.165, 1.54) is 0 Å². The molecule has 1 fully saturated rings. The first-order valence-corrected chi connectivity index (χ1v) is 10.1. The zero-order valence-electron chi connectivity index (χ0n) is 17.7. The van der Waals surface area contributed by atoms with Crippen molar-refractivity contribution in [2.75, 3.05) is 26.4 Å². The second-order valence-corrected chi connectivity index (χ2v) is 7.85. The second-order valence-electron chi connectivity index (χ2n) is 7.85. The molecule has 0 spiro atoms. The largest absolute Gasteiger partial charge is 1.00 e. The maximum Gasteiger partial charge on any atom is 1.00 e. The van der Waals surface area contributed by atoms with Gasteiger partial charge in [0.05, 0.1) is 11.0 Å². The van der Waals surface area contributed by atoms with Crippen LogP contribution in [0.2, 0.25) is 0 Å². The van der Waals surface area contributed by atoms with E-state index in [1.807, 2.05) is 48.2 Å². The van der Waals surface area contributed by atoms with Crippen molar-refractivity contribution in [3.8, 4) is 11.5 Å². The van der Waals surface area contributed by atoms with Crippen LogP contribution < -0.4 is 73.4 Å². The van der Waals surface area contributed by atoms with Crippen LogP contribution in [0.4, 0.5) is 0 Å². The molecule has 31 heavy (non-hydrogen) atoms. The Labute approximate surface area is 228 Å². The van der Waals surface area contributed by atoms with Gasteiger partial charge in [-0.15, -0.1) is 12.6 Å². The third-order valence-electron chi connectivity index (χ3n) is 5.77. The first kappa shape index (κ1) is 22.7. The molecule has 1 amide bonds. The average molecular weight is 493 g/mol. The monoisotopic (exact) mass is 492 g/mol. The summed E-state index contributed by atoms with van der Waals surface area (Å²) in [6.45, 7) is 4.22. The van der Waals surface area contributed by atoms with Crippen molar-refractivity contribution < 1.29 is 72.5 Å². The van der Waals surface area contributed by atoms with E-state index in [9.17, 15) is 9.59 Å². The number of nitrogens with zero attached hydrogens (tertiary/aromatic N) is 2. The number of H-pyrrole nitrogens is 2. The van der Waals surface area contributed by atoms with Crippen LogP contribution in [0.25, 0.3) is 16.4 Å². The van der Waals surface area contributed by atoms with Gasteiger partial charge in [0.25, 0.3) is 0 Å². The zero-order chi connectivity index (χ0) is 20.7. The number of carbonyl (C=O) groups is 1. The Kier molecular flexibility index (Phi) is 7.02. The fourth-order valence-electron chi connectivity index (χ4n) is 4.22. The van der Waals surface area contributed by atoms with E-state index in [0.717, 1.165) is 22.2 Å². The first-order chi connectivity index (χ1) is 14.6. The molecule has 9 heteroatoms. The van der Waals surface area contributed by atoms with Crippen molar-refractivity contribution in [2.24, 2.45) is 0 Å². The van der Waals surface area contributed by atoms with Gasteiger partial charge in [-0.1, -0.05) is 19.1 Å². The summed E-state index contributed by atoms with van der Waals surface area (Å²) >= 11 is 0. The molecule has 0 bridgehead atoms. The summed E-state index contributed by atoms with van der Waals surface area (Å²) in [5.74, 6) is 1.32. The van der Waals surface area contributed by atoms with Crippen molar-refractivity contribution in [1.29, 1.82) is 0 Å². The van der Waals surface area contributed by atoms with E-state index < -0.39 is 0 Å². The molecule has 2 atom stereocenters. The molecule has 1 saturated heterocycles. The van der Waals surface area contributed by atoms with Crippen molar-refractivity contribution in [3.63, 3.8) is 0 Å². The quantitative estimate of drug-likeness (QED) is 0.523. The van der Waals surface area contributed by atoms with Crippen molar-refractivity contribution in [3.05, 3.63) is 63.3 Å². The summed E-state index contributed by atoms with van der Waals surface area (Å²) in [5, 5.41) is 4.47. The summed E-state index contributed by atoms with van der Waals surface area (Å²) in [4.78, 5) is 32.3. The SMILES string of the molecule is CC1CN(C(=O)CC(c2ccc3c(c2)OCO3)c2ccc3[nH]c(=O)[nH]c3c2)CC[N-]1.[Rb+]. The molecule has 156 valence electrons. The second kappa shape index (κ2) is 9.58. The number of aromatic amines is 2. The summed E-state index contributed by atoms with van der Waals surface area (Å²) in [6, 6.07) is 11.7. The van der Waals surface area contributed by atoms with Crippen LogP contribution in [0.1, 0.15) is 30.4 Å². The number of hydrogen-bond acceptors (Lipinski definition) is 4. The molecule has 2 N–H and O–H groups in total. The van der Waals surface area contributed by atoms with Crippen molar-refractivity contribution in [2.45, 2.75) is 25.3 Å². The van der Waals surface area contributed by atoms with E-state index in [0.29, 0.717) is 37.6 Å². The molecular weight excluding hydrogens is 470 g/mol. The van der Waals surface area contributed by atoms with Crippen molar-refractivity contribution in [1.82, 2.24) is 14.9 Å². The molecule has 0 radical (unpaired) electrons. The van der Waals surface area contributed by atoms with Gasteiger partial charge in [-0.05, 0) is 35.4 Å². The fraction of sp³-hybridized carbons (Fsp3) is 0.364. The topological polar surface area (TPSA) is 102 Å². The molecule has 0 aliphatic carbocycles. The van der Waals surface area contributed by atoms with Gasteiger partial charge in [0, 0.05) is 25.4 Å². The minimum Gasteiger partial charge on any atom is -0.657 e. The van der Waals surface area contributed by atoms with Gasteiger partial charge in [0.15, 0.2) is 11.5 Å². The molecule has 2 aliphatic rings. The molecule has 2 unspecified atom stereocenters. The number of nitrogens with one attached hydrogen (secondary N) is 2. The molecular formula is C22H23N4O4Rb. The smallest absolute Gasteiger partial charge is 0.657 e. The van der Waals surface area contributed by atoms with E-state index in [2.05, 4.69) is 15.3 Å². The molecule has 3 aromatic rings. The number of carbonyl (C=O) groups excluding carboxylic acids is 1. The van der Waals surface area contributed by atoms with Crippen LogP contribution in [0.5, 0.6) is 11.5 Å². The standard InChI is InChI=1S/C22H23N4O4.Rb/c1-13-11-26(7-6-23-13)21(27)10-16(15-3-5-19-20(9-15)30-12-29-19)14-2-4-17-18(8-14)25-22(28)24-17;/h2-5,8-9,13,16H,6-7,10-12H2,1H3,(H2,24,25,28);/q-1;+1. The molecule has 3 heterocycles. The molecule has 5 rings (SSSR count). The number of aromatic nitrogens is 2. The number of amides is 1. The molecule has 0 saturated carbocycles. The van der Waals surface area contributed by atoms with Gasteiger partial charge in [-0.25, -0.2) is 4.79 Å². The van der Waals surface area contributed by atoms with Crippen molar-refractivity contribution >= 4 is 16.9 Å². The predicted octanol–water partition coefficient (Wildman–Crippen LogP) is -0.285.